The number of carboxylic acids is 1. The van der Waals surface area contributed by atoms with Gasteiger partial charge in [0.15, 0.2) is 0 Å². The Morgan fingerprint density at radius 2 is 1.91 bits per heavy atom. The third-order valence-electron chi connectivity index (χ3n) is 7.53. The van der Waals surface area contributed by atoms with Crippen molar-refractivity contribution >= 4 is 22.5 Å². The van der Waals surface area contributed by atoms with Crippen LogP contribution in [0.3, 0.4) is 0 Å². The highest BCUT2D eigenvalue weighted by atomic mass is 19.1. The second kappa shape index (κ2) is 10.9. The SMILES string of the molecule is O=C(O)c1ccc2nc(Cc3cc(F)c(-c4cccc(OCc5cc6ccccn6n5)n4)cc3F)n(C[C@@H]3CCO3)c2c1. The molecular weight excluding hydrogens is 556 g/mol. The summed E-state index contributed by atoms with van der Waals surface area (Å²) >= 11 is 0. The van der Waals surface area contributed by atoms with Crippen LogP contribution >= 0.6 is 0 Å². The molecule has 0 aliphatic carbocycles. The number of aromatic nitrogens is 5. The number of pyridine rings is 2. The summed E-state index contributed by atoms with van der Waals surface area (Å²) in [4.78, 5) is 20.6. The summed E-state index contributed by atoms with van der Waals surface area (Å²) in [6.07, 6.45) is 2.64. The summed E-state index contributed by atoms with van der Waals surface area (Å²) in [7, 11) is 0. The number of benzene rings is 2. The molecule has 1 saturated heterocycles. The van der Waals surface area contributed by atoms with Gasteiger partial charge in [0, 0.05) is 30.9 Å². The molecule has 43 heavy (non-hydrogen) atoms. The van der Waals surface area contributed by atoms with Crippen LogP contribution in [0.2, 0.25) is 0 Å². The largest absolute Gasteiger partial charge is 0.478 e. The molecule has 9 nitrogen and oxygen atoms in total. The molecule has 0 amide bonds. The van der Waals surface area contributed by atoms with Crippen LogP contribution in [0.4, 0.5) is 8.78 Å². The van der Waals surface area contributed by atoms with E-state index >= 15 is 8.78 Å². The van der Waals surface area contributed by atoms with Gasteiger partial charge in [-0.05, 0) is 66.6 Å². The monoisotopic (exact) mass is 581 g/mol. The lowest BCUT2D eigenvalue weighted by Crippen LogP contribution is -2.31. The van der Waals surface area contributed by atoms with E-state index < -0.39 is 17.6 Å². The van der Waals surface area contributed by atoms with Crippen LogP contribution in [0.25, 0.3) is 27.8 Å². The van der Waals surface area contributed by atoms with Crippen LogP contribution < -0.4 is 4.74 Å². The van der Waals surface area contributed by atoms with Gasteiger partial charge in [-0.15, -0.1) is 0 Å². The Labute approximate surface area is 244 Å². The van der Waals surface area contributed by atoms with E-state index in [0.717, 1.165) is 24.1 Å². The van der Waals surface area contributed by atoms with E-state index in [-0.39, 0.29) is 47.4 Å². The number of nitrogens with zero attached hydrogens (tertiary/aromatic N) is 5. The standard InChI is InChI=1S/C32H25F2N5O4/c33-25-16-24(27-5-3-6-31(36-27)43-18-21-15-22-4-1-2-10-39(22)37-21)26(34)12-20(25)14-30-35-28-8-7-19(32(40)41)13-29(28)38(30)17-23-9-11-42-23/h1-8,10,12-13,15-16,23H,9,11,14,17-18H2,(H,40,41)/t23-/m0/s1. The molecule has 2 aromatic carbocycles. The van der Waals surface area contributed by atoms with Gasteiger partial charge in [-0.2, -0.15) is 5.10 Å². The second-order valence-electron chi connectivity index (χ2n) is 10.4. The fraction of sp³-hybridized carbons (Fsp3) is 0.188. The van der Waals surface area contributed by atoms with Crippen molar-refractivity contribution in [2.45, 2.75) is 32.1 Å². The van der Waals surface area contributed by atoms with E-state index in [1.807, 2.05) is 35.0 Å². The van der Waals surface area contributed by atoms with Gasteiger partial charge in [-0.1, -0.05) is 12.1 Å². The molecule has 4 aromatic heterocycles. The summed E-state index contributed by atoms with van der Waals surface area (Å²) in [5.74, 6) is -1.57. The van der Waals surface area contributed by atoms with Gasteiger partial charge in [0.2, 0.25) is 5.88 Å². The van der Waals surface area contributed by atoms with Crippen LogP contribution in [0.15, 0.2) is 79.0 Å². The molecule has 1 aliphatic heterocycles. The van der Waals surface area contributed by atoms with Gasteiger partial charge in [0.05, 0.1) is 40.5 Å². The first-order chi connectivity index (χ1) is 20.9. The van der Waals surface area contributed by atoms with Crippen LogP contribution in [0.1, 0.15) is 33.9 Å². The molecule has 0 radical (unpaired) electrons. The minimum atomic E-state index is -1.06. The number of ether oxygens (including phenoxy) is 2. The fourth-order valence-corrected chi connectivity index (χ4v) is 5.22. The molecule has 6 aromatic rings. The van der Waals surface area contributed by atoms with Crippen LogP contribution in [-0.2, 0) is 24.3 Å². The molecule has 216 valence electrons. The first-order valence-electron chi connectivity index (χ1n) is 13.8. The third-order valence-corrected chi connectivity index (χ3v) is 7.53. The Balaban J connectivity index is 1.15. The Morgan fingerprint density at radius 3 is 2.70 bits per heavy atom. The van der Waals surface area contributed by atoms with Crippen molar-refractivity contribution in [2.24, 2.45) is 0 Å². The lowest BCUT2D eigenvalue weighted by Gasteiger charge is -2.27. The van der Waals surface area contributed by atoms with Crippen molar-refractivity contribution in [3.05, 3.63) is 113 Å². The first-order valence-corrected chi connectivity index (χ1v) is 13.8. The smallest absolute Gasteiger partial charge is 0.335 e. The van der Waals surface area contributed by atoms with Gasteiger partial charge in [-0.25, -0.2) is 28.1 Å². The van der Waals surface area contributed by atoms with E-state index in [1.165, 1.54) is 6.07 Å². The van der Waals surface area contributed by atoms with Crippen molar-refractivity contribution in [3.8, 4) is 17.1 Å². The lowest BCUT2D eigenvalue weighted by molar-refractivity contribution is -0.0589. The zero-order valence-electron chi connectivity index (χ0n) is 22.8. The zero-order chi connectivity index (χ0) is 29.5. The highest BCUT2D eigenvalue weighted by molar-refractivity contribution is 5.92. The quantitative estimate of drug-likeness (QED) is 0.234. The maximum absolute atomic E-state index is 15.5. The number of fused-ring (bicyclic) bond motifs is 2. The van der Waals surface area contributed by atoms with E-state index in [2.05, 4.69) is 15.1 Å². The topological polar surface area (TPSA) is 104 Å². The highest BCUT2D eigenvalue weighted by Crippen LogP contribution is 2.29. The second-order valence-corrected chi connectivity index (χ2v) is 10.4. The molecule has 5 heterocycles. The number of hydrogen-bond acceptors (Lipinski definition) is 6. The van der Waals surface area contributed by atoms with Crippen LogP contribution in [-0.4, -0.2) is 47.9 Å². The molecule has 1 aliphatic rings. The minimum Gasteiger partial charge on any atom is -0.478 e. The number of imidazole rings is 1. The number of aromatic carboxylic acids is 1. The number of carboxylic acid groups (broad SMARTS) is 1. The van der Waals surface area contributed by atoms with Gasteiger partial charge in [0.25, 0.3) is 0 Å². The molecule has 0 saturated carbocycles. The number of rotatable bonds is 9. The van der Waals surface area contributed by atoms with E-state index in [0.29, 0.717) is 35.7 Å². The summed E-state index contributed by atoms with van der Waals surface area (Å²) in [6.45, 7) is 1.24. The average molecular weight is 582 g/mol. The molecule has 11 heteroatoms. The van der Waals surface area contributed by atoms with Crippen molar-refractivity contribution in [3.63, 3.8) is 0 Å². The Kier molecular flexibility index (Phi) is 6.78. The normalized spacial score (nSPS) is 14.7. The highest BCUT2D eigenvalue weighted by Gasteiger charge is 2.23. The molecule has 1 fully saturated rings. The first kappa shape index (κ1) is 26.7. The van der Waals surface area contributed by atoms with Crippen LogP contribution in [0.5, 0.6) is 5.88 Å². The predicted molar refractivity (Wildman–Crippen MR) is 153 cm³/mol. The van der Waals surface area contributed by atoms with Crippen LogP contribution in [0, 0.1) is 11.6 Å². The minimum absolute atomic E-state index is 0.00176. The summed E-state index contributed by atoms with van der Waals surface area (Å²) in [6, 6.07) is 19.5. The van der Waals surface area contributed by atoms with E-state index in [1.54, 1.807) is 34.8 Å². The molecule has 0 bridgehead atoms. The van der Waals surface area contributed by atoms with E-state index in [9.17, 15) is 9.90 Å². The molecule has 1 atom stereocenters. The third kappa shape index (κ3) is 5.30. The molecule has 0 spiro atoms. The van der Waals surface area contributed by atoms with Gasteiger partial charge in [0.1, 0.15) is 29.8 Å². The number of hydrogen-bond donors (Lipinski definition) is 1. The van der Waals surface area contributed by atoms with Crippen molar-refractivity contribution < 1.29 is 28.2 Å². The summed E-state index contributed by atoms with van der Waals surface area (Å²) in [5.41, 5.74) is 3.27. The van der Waals surface area contributed by atoms with Crippen molar-refractivity contribution in [1.82, 2.24) is 24.1 Å². The van der Waals surface area contributed by atoms with Gasteiger partial charge >= 0.3 is 5.97 Å². The lowest BCUT2D eigenvalue weighted by atomic mass is 10.0. The average Bonchev–Trinajstić information content (AvgIpc) is 3.55. The predicted octanol–water partition coefficient (Wildman–Crippen LogP) is 5.68. The molecular formula is C32H25F2N5O4. The van der Waals surface area contributed by atoms with Crippen molar-refractivity contribution in [2.75, 3.05) is 6.61 Å². The van der Waals surface area contributed by atoms with Gasteiger partial charge < -0.3 is 19.1 Å². The Bertz CT molecular complexity index is 1970. The van der Waals surface area contributed by atoms with Gasteiger partial charge in [-0.3, -0.25) is 0 Å². The number of halogens is 2. The molecule has 7 rings (SSSR count). The molecule has 1 N–H and O–H groups in total. The fourth-order valence-electron chi connectivity index (χ4n) is 5.22. The van der Waals surface area contributed by atoms with Crippen molar-refractivity contribution in [1.29, 1.82) is 0 Å². The number of carbonyl (C=O) groups is 1. The summed E-state index contributed by atoms with van der Waals surface area (Å²) in [5, 5.41) is 13.9. The maximum Gasteiger partial charge on any atom is 0.335 e. The maximum atomic E-state index is 15.5. The molecule has 0 unspecified atom stereocenters. The zero-order valence-corrected chi connectivity index (χ0v) is 22.8. The Morgan fingerprint density at radius 1 is 1.02 bits per heavy atom. The summed E-state index contributed by atoms with van der Waals surface area (Å²) < 4.78 is 45.9. The Hall–Kier alpha value is -5.16. The van der Waals surface area contributed by atoms with E-state index in [4.69, 9.17) is 9.47 Å².